The predicted molar refractivity (Wildman–Crippen MR) is 88.7 cm³/mol. The highest BCUT2D eigenvalue weighted by molar-refractivity contribution is 7.89. The smallest absolute Gasteiger partial charge is 0.243 e. The molecule has 2 saturated heterocycles. The number of rotatable bonds is 3. The third kappa shape index (κ3) is 3.39. The maximum atomic E-state index is 13.0. The van der Waals surface area contributed by atoms with Crippen molar-refractivity contribution >= 4 is 27.5 Å². The molecule has 3 rings (SSSR count). The number of nitrogens with zero attached hydrogens (tertiary/aromatic N) is 1. The van der Waals surface area contributed by atoms with E-state index in [4.69, 9.17) is 11.6 Å². The van der Waals surface area contributed by atoms with Crippen molar-refractivity contribution in [3.63, 3.8) is 0 Å². The molecule has 2 unspecified atom stereocenters. The number of nitrogens with one attached hydrogen (secondary N) is 1. The second-order valence-corrected chi connectivity index (χ2v) is 8.68. The lowest BCUT2D eigenvalue weighted by Crippen LogP contribution is -2.58. The van der Waals surface area contributed by atoms with E-state index in [1.54, 1.807) is 28.6 Å². The van der Waals surface area contributed by atoms with E-state index < -0.39 is 10.0 Å². The lowest BCUT2D eigenvalue weighted by atomic mass is 9.84. The van der Waals surface area contributed by atoms with Crippen LogP contribution >= 0.6 is 11.6 Å². The monoisotopic (exact) mass is 356 g/mol. The predicted octanol–water partition coefficient (Wildman–Crippen LogP) is 2.55. The van der Waals surface area contributed by atoms with Crippen LogP contribution in [0.3, 0.4) is 0 Å². The second kappa shape index (κ2) is 6.42. The SMILES string of the molecule is CC(=O)NC1CC2CCCC(C1)N2S(=O)(=O)c1ccc(Cl)cc1. The molecule has 2 aliphatic rings. The number of hydrogen-bond acceptors (Lipinski definition) is 3. The van der Waals surface area contributed by atoms with E-state index in [0.29, 0.717) is 17.9 Å². The fraction of sp³-hybridized carbons (Fsp3) is 0.562. The van der Waals surface area contributed by atoms with Crippen molar-refractivity contribution in [2.75, 3.05) is 0 Å². The van der Waals surface area contributed by atoms with Crippen LogP contribution in [0.2, 0.25) is 5.02 Å². The molecule has 2 fully saturated rings. The molecule has 5 nitrogen and oxygen atoms in total. The summed E-state index contributed by atoms with van der Waals surface area (Å²) in [6.45, 7) is 1.51. The maximum absolute atomic E-state index is 13.0. The van der Waals surface area contributed by atoms with Crippen molar-refractivity contribution in [1.29, 1.82) is 0 Å². The number of fused-ring (bicyclic) bond motifs is 2. The molecule has 2 bridgehead atoms. The van der Waals surface area contributed by atoms with Gasteiger partial charge < -0.3 is 5.32 Å². The van der Waals surface area contributed by atoms with Gasteiger partial charge in [0, 0.05) is 30.1 Å². The molecule has 0 aromatic heterocycles. The molecule has 2 atom stereocenters. The molecule has 7 heteroatoms. The topological polar surface area (TPSA) is 66.5 Å². The van der Waals surface area contributed by atoms with Gasteiger partial charge in [0.05, 0.1) is 4.90 Å². The van der Waals surface area contributed by atoms with Crippen molar-refractivity contribution < 1.29 is 13.2 Å². The largest absolute Gasteiger partial charge is 0.353 e. The lowest BCUT2D eigenvalue weighted by Gasteiger charge is -2.47. The van der Waals surface area contributed by atoms with Gasteiger partial charge in [0.25, 0.3) is 0 Å². The normalized spacial score (nSPS) is 28.3. The van der Waals surface area contributed by atoms with Gasteiger partial charge in [-0.2, -0.15) is 4.31 Å². The van der Waals surface area contributed by atoms with Crippen molar-refractivity contribution in [3.05, 3.63) is 29.3 Å². The Morgan fingerprint density at radius 3 is 2.26 bits per heavy atom. The molecule has 1 amide bonds. The van der Waals surface area contributed by atoms with E-state index in [0.717, 1.165) is 19.3 Å². The minimum Gasteiger partial charge on any atom is -0.353 e. The molecule has 0 aliphatic carbocycles. The van der Waals surface area contributed by atoms with Crippen molar-refractivity contribution in [2.24, 2.45) is 0 Å². The van der Waals surface area contributed by atoms with E-state index >= 15 is 0 Å². The van der Waals surface area contributed by atoms with Crippen LogP contribution in [-0.2, 0) is 14.8 Å². The standard InChI is InChI=1S/C16H21ClN2O3S/c1-11(20)18-13-9-14-3-2-4-15(10-13)19(14)23(21,22)16-7-5-12(17)6-8-16/h5-8,13-15H,2-4,9-10H2,1H3,(H,18,20). The van der Waals surface area contributed by atoms with Gasteiger partial charge in [-0.25, -0.2) is 8.42 Å². The number of amides is 1. The molecule has 0 spiro atoms. The number of hydrogen-bond donors (Lipinski definition) is 1. The van der Waals surface area contributed by atoms with Gasteiger partial charge in [-0.3, -0.25) is 4.79 Å². The number of benzene rings is 1. The third-order valence-electron chi connectivity index (χ3n) is 4.70. The minimum absolute atomic E-state index is 0.0416. The van der Waals surface area contributed by atoms with Crippen LogP contribution in [0.15, 0.2) is 29.2 Å². The number of carbonyl (C=O) groups excluding carboxylic acids is 1. The zero-order chi connectivity index (χ0) is 16.6. The summed E-state index contributed by atoms with van der Waals surface area (Å²) in [5.74, 6) is -0.0536. The molecule has 2 heterocycles. The van der Waals surface area contributed by atoms with E-state index in [2.05, 4.69) is 5.32 Å². The highest BCUT2D eigenvalue weighted by Crippen LogP contribution is 2.38. The summed E-state index contributed by atoms with van der Waals surface area (Å²) in [5.41, 5.74) is 0. The van der Waals surface area contributed by atoms with Gasteiger partial charge in [-0.1, -0.05) is 18.0 Å². The Morgan fingerprint density at radius 1 is 1.17 bits per heavy atom. The zero-order valence-electron chi connectivity index (χ0n) is 13.0. The molecular formula is C16H21ClN2O3S. The van der Waals surface area contributed by atoms with Gasteiger partial charge in [-0.05, 0) is 49.9 Å². The van der Waals surface area contributed by atoms with Crippen molar-refractivity contribution in [3.8, 4) is 0 Å². The number of piperidine rings is 2. The van der Waals surface area contributed by atoms with E-state index in [9.17, 15) is 13.2 Å². The molecule has 0 saturated carbocycles. The van der Waals surface area contributed by atoms with Crippen molar-refractivity contribution in [1.82, 2.24) is 9.62 Å². The second-order valence-electron chi connectivity index (χ2n) is 6.40. The first-order chi connectivity index (χ1) is 10.9. The summed E-state index contributed by atoms with van der Waals surface area (Å²) in [6.07, 6.45) is 4.10. The van der Waals surface area contributed by atoms with Crippen LogP contribution in [0.25, 0.3) is 0 Å². The molecular weight excluding hydrogens is 336 g/mol. The van der Waals surface area contributed by atoms with Gasteiger partial charge >= 0.3 is 0 Å². The summed E-state index contributed by atoms with van der Waals surface area (Å²) < 4.78 is 27.8. The quantitative estimate of drug-likeness (QED) is 0.905. The van der Waals surface area contributed by atoms with Gasteiger partial charge in [0.2, 0.25) is 15.9 Å². The summed E-state index contributed by atoms with van der Waals surface area (Å²) in [4.78, 5) is 11.6. The first-order valence-electron chi connectivity index (χ1n) is 7.94. The fourth-order valence-electron chi connectivity index (χ4n) is 3.86. The van der Waals surface area contributed by atoms with Crippen LogP contribution < -0.4 is 5.32 Å². The van der Waals surface area contributed by atoms with E-state index in [1.165, 1.54) is 6.92 Å². The summed E-state index contributed by atoms with van der Waals surface area (Å²) in [5, 5.41) is 3.47. The highest BCUT2D eigenvalue weighted by Gasteiger charge is 2.45. The summed E-state index contributed by atoms with van der Waals surface area (Å²) in [6, 6.07) is 6.32. The van der Waals surface area contributed by atoms with Gasteiger partial charge in [0.1, 0.15) is 0 Å². The maximum Gasteiger partial charge on any atom is 0.243 e. The van der Waals surface area contributed by atoms with Crippen molar-refractivity contribution in [2.45, 2.75) is 62.0 Å². The minimum atomic E-state index is -3.53. The first kappa shape index (κ1) is 16.7. The number of sulfonamides is 1. The Kier molecular flexibility index (Phi) is 4.67. The molecule has 0 radical (unpaired) electrons. The molecule has 2 aliphatic heterocycles. The Morgan fingerprint density at radius 2 is 1.74 bits per heavy atom. The highest BCUT2D eigenvalue weighted by atomic mass is 35.5. The summed E-state index contributed by atoms with van der Waals surface area (Å²) >= 11 is 5.86. The molecule has 126 valence electrons. The summed E-state index contributed by atoms with van der Waals surface area (Å²) in [7, 11) is -3.53. The zero-order valence-corrected chi connectivity index (χ0v) is 14.6. The van der Waals surface area contributed by atoms with Gasteiger partial charge in [-0.15, -0.1) is 0 Å². The number of halogens is 1. The molecule has 1 N–H and O–H groups in total. The van der Waals surface area contributed by atoms with Crippen LogP contribution in [0.5, 0.6) is 0 Å². The third-order valence-corrected chi connectivity index (χ3v) is 6.98. The fourth-order valence-corrected chi connectivity index (χ4v) is 5.88. The average molecular weight is 357 g/mol. The molecule has 1 aromatic rings. The van der Waals surface area contributed by atoms with Crippen LogP contribution in [0.4, 0.5) is 0 Å². The Balaban J connectivity index is 1.87. The molecule has 23 heavy (non-hydrogen) atoms. The van der Waals surface area contributed by atoms with E-state index in [-0.39, 0.29) is 28.9 Å². The Labute approximate surface area is 142 Å². The number of carbonyl (C=O) groups is 1. The average Bonchev–Trinajstić information content (AvgIpc) is 2.46. The Bertz CT molecular complexity index is 676. The Hall–Kier alpha value is -1.11. The van der Waals surface area contributed by atoms with Crippen LogP contribution in [0, 0.1) is 0 Å². The molecule has 1 aromatic carbocycles. The first-order valence-corrected chi connectivity index (χ1v) is 9.76. The van der Waals surface area contributed by atoms with Crippen LogP contribution in [-0.4, -0.2) is 36.8 Å². The lowest BCUT2D eigenvalue weighted by molar-refractivity contribution is -0.120. The van der Waals surface area contributed by atoms with Gasteiger partial charge in [0.15, 0.2) is 0 Å². The van der Waals surface area contributed by atoms with E-state index in [1.807, 2.05) is 0 Å². The van der Waals surface area contributed by atoms with Crippen LogP contribution in [0.1, 0.15) is 39.0 Å².